The number of aromatic nitrogens is 3. The van der Waals surface area contributed by atoms with Crippen LogP contribution in [0.1, 0.15) is 56.9 Å². The molecule has 8 nitrogen and oxygen atoms in total. The number of carbonyl (C=O) groups is 1. The second kappa shape index (κ2) is 10.7. The molecule has 4 aromatic rings. The summed E-state index contributed by atoms with van der Waals surface area (Å²) in [5, 5.41) is 3.10. The number of Topliss-reactive ketones (excluding diaryl/α,β-unsaturated/α-hetero) is 1. The number of likely N-dealkylation sites (N-methyl/N-ethyl adjacent to an activating group) is 1. The molecule has 0 spiro atoms. The molecule has 1 N–H and O–H groups in total. The number of ketones is 1. The van der Waals surface area contributed by atoms with Crippen LogP contribution < -0.4 is 15.8 Å². The Hall–Kier alpha value is -3.89. The third-order valence-electron chi connectivity index (χ3n) is 8.89. The van der Waals surface area contributed by atoms with Gasteiger partial charge in [-0.15, -0.1) is 11.3 Å². The van der Waals surface area contributed by atoms with Crippen molar-refractivity contribution in [3.63, 3.8) is 0 Å². The van der Waals surface area contributed by atoms with Crippen molar-refractivity contribution in [2.75, 3.05) is 43.4 Å². The van der Waals surface area contributed by atoms with Crippen molar-refractivity contribution >= 4 is 34.3 Å². The van der Waals surface area contributed by atoms with Crippen molar-refractivity contribution in [2.45, 2.75) is 37.5 Å². The number of thiophene rings is 1. The summed E-state index contributed by atoms with van der Waals surface area (Å²) >= 11 is 1.62. The van der Waals surface area contributed by atoms with Crippen LogP contribution in [0, 0.1) is 5.82 Å². The maximum atomic E-state index is 15.1. The van der Waals surface area contributed by atoms with Crippen molar-refractivity contribution in [1.29, 1.82) is 0 Å². The molecule has 2 unspecified atom stereocenters. The lowest BCUT2D eigenvalue weighted by Gasteiger charge is -2.33. The van der Waals surface area contributed by atoms with E-state index in [9.17, 15) is 9.59 Å². The summed E-state index contributed by atoms with van der Waals surface area (Å²) in [5.41, 5.74) is 3.43. The first kappa shape index (κ1) is 27.0. The van der Waals surface area contributed by atoms with Gasteiger partial charge in [-0.25, -0.2) is 14.4 Å². The predicted octanol–water partition coefficient (Wildman–Crippen LogP) is 5.33. The van der Waals surface area contributed by atoms with Crippen LogP contribution in [0.25, 0.3) is 11.3 Å². The van der Waals surface area contributed by atoms with Crippen LogP contribution in [0.5, 0.6) is 0 Å². The molecule has 2 bridgehead atoms. The number of piperazine rings is 1. The summed E-state index contributed by atoms with van der Waals surface area (Å²) < 4.78 is 16.5. The molecule has 5 heterocycles. The topological polar surface area (TPSA) is 83.4 Å². The van der Waals surface area contributed by atoms with Gasteiger partial charge in [0.2, 0.25) is 0 Å². The van der Waals surface area contributed by atoms with E-state index in [4.69, 9.17) is 0 Å². The summed E-state index contributed by atoms with van der Waals surface area (Å²) in [7, 11) is 3.74. The fraction of sp³-hybridized carbons (Fsp3) is 0.375. The van der Waals surface area contributed by atoms with Crippen LogP contribution in [-0.4, -0.2) is 58.4 Å². The molecule has 1 saturated heterocycles. The van der Waals surface area contributed by atoms with E-state index in [-0.39, 0.29) is 29.1 Å². The number of nitrogens with one attached hydrogen (secondary N) is 1. The van der Waals surface area contributed by atoms with E-state index in [0.29, 0.717) is 28.9 Å². The largest absolute Gasteiger partial charge is 0.368 e. The third-order valence-corrected chi connectivity index (χ3v) is 10.2. The Bertz CT molecular complexity index is 1700. The monoisotopic (exact) mass is 584 g/mol. The highest BCUT2D eigenvalue weighted by molar-refractivity contribution is 7.14. The number of hydrogen-bond acceptors (Lipinski definition) is 8. The first-order chi connectivity index (χ1) is 20.3. The molecule has 3 aliphatic rings. The van der Waals surface area contributed by atoms with Crippen LogP contribution in [-0.2, 0) is 13.5 Å². The van der Waals surface area contributed by atoms with E-state index in [0.717, 1.165) is 36.7 Å². The minimum absolute atomic E-state index is 0.00719. The lowest BCUT2D eigenvalue weighted by molar-refractivity contribution is 0.0995. The second-order valence-corrected chi connectivity index (χ2v) is 12.8. The summed E-state index contributed by atoms with van der Waals surface area (Å²) in [6.45, 7) is 3.87. The molecule has 42 heavy (non-hydrogen) atoms. The fourth-order valence-electron chi connectivity index (χ4n) is 6.51. The lowest BCUT2D eigenvalue weighted by atomic mass is 9.98. The van der Waals surface area contributed by atoms with E-state index >= 15 is 4.39 Å². The maximum Gasteiger partial charge on any atom is 0.274 e. The molecule has 2 aliphatic carbocycles. The fourth-order valence-corrected chi connectivity index (χ4v) is 7.85. The molecular formula is C32H33FN6O2S. The highest BCUT2D eigenvalue weighted by Gasteiger charge is 2.39. The highest BCUT2D eigenvalue weighted by atomic mass is 32.1. The third kappa shape index (κ3) is 5.03. The Morgan fingerprint density at radius 1 is 1.07 bits per heavy atom. The molecule has 1 aliphatic heterocycles. The molecule has 7 rings (SSSR count). The SMILES string of the molecule is CN1CCN(c2ccc(Nc3cc(-c4nc(CC(=O)c5cc6c(s5)C5CCC6C5)ccc4F)cn(C)c3=O)nc2)CC1. The standard InChI is InChI=1S/C32H33FN6O2S/c1-37-9-11-39(12-10-37)23-6-8-29(34-17-23)36-26-14-21(18-38(2)32(26)41)30-25(33)7-5-22(35-30)15-27(40)28-16-24-19-3-4-20(13-19)31(24)42-28/h5-8,14,16-20H,3-4,9-13,15H2,1-2H3,(H,34,36). The van der Waals surface area contributed by atoms with Gasteiger partial charge in [0.05, 0.1) is 23.2 Å². The smallest absolute Gasteiger partial charge is 0.274 e. The van der Waals surface area contributed by atoms with Crippen molar-refractivity contribution in [1.82, 2.24) is 19.4 Å². The molecule has 0 aromatic carbocycles. The normalized spacial score (nSPS) is 19.7. The minimum Gasteiger partial charge on any atom is -0.368 e. The molecule has 2 fully saturated rings. The highest BCUT2D eigenvalue weighted by Crippen LogP contribution is 2.56. The van der Waals surface area contributed by atoms with E-state index in [2.05, 4.69) is 38.2 Å². The van der Waals surface area contributed by atoms with Crippen LogP contribution >= 0.6 is 11.3 Å². The van der Waals surface area contributed by atoms with Gasteiger partial charge in [0.1, 0.15) is 23.0 Å². The Labute approximate surface area is 247 Å². The number of carbonyl (C=O) groups excluding carboxylic acids is 1. The average molecular weight is 585 g/mol. The molecule has 216 valence electrons. The van der Waals surface area contributed by atoms with E-state index < -0.39 is 5.82 Å². The van der Waals surface area contributed by atoms with Gasteiger partial charge in [0, 0.05) is 55.6 Å². The van der Waals surface area contributed by atoms with Crippen LogP contribution in [0.15, 0.2) is 53.6 Å². The van der Waals surface area contributed by atoms with Gasteiger partial charge < -0.3 is 19.7 Å². The number of pyridine rings is 3. The predicted molar refractivity (Wildman–Crippen MR) is 164 cm³/mol. The number of hydrogen-bond donors (Lipinski definition) is 1. The first-order valence-electron chi connectivity index (χ1n) is 14.5. The van der Waals surface area contributed by atoms with Gasteiger partial charge >= 0.3 is 0 Å². The quantitative estimate of drug-likeness (QED) is 0.294. The summed E-state index contributed by atoms with van der Waals surface area (Å²) in [6.07, 6.45) is 7.14. The molecule has 0 radical (unpaired) electrons. The zero-order chi connectivity index (χ0) is 29.0. The van der Waals surface area contributed by atoms with Crippen LogP contribution in [0.4, 0.5) is 21.6 Å². The molecule has 4 aromatic heterocycles. The zero-order valence-corrected chi connectivity index (χ0v) is 24.6. The molecule has 1 saturated carbocycles. The van der Waals surface area contributed by atoms with E-state index in [1.165, 1.54) is 40.3 Å². The zero-order valence-electron chi connectivity index (χ0n) is 23.8. The van der Waals surface area contributed by atoms with Crippen LogP contribution in [0.3, 0.4) is 0 Å². The van der Waals surface area contributed by atoms with E-state index in [1.54, 1.807) is 42.9 Å². The second-order valence-electron chi connectivity index (χ2n) is 11.7. The summed E-state index contributed by atoms with van der Waals surface area (Å²) in [6, 6.07) is 10.4. The van der Waals surface area contributed by atoms with E-state index in [1.807, 2.05) is 12.1 Å². The Balaban J connectivity index is 1.10. The summed E-state index contributed by atoms with van der Waals surface area (Å²) in [4.78, 5) is 42.0. The van der Waals surface area contributed by atoms with Crippen molar-refractivity contribution in [3.05, 3.63) is 86.0 Å². The van der Waals surface area contributed by atoms with Crippen molar-refractivity contribution < 1.29 is 9.18 Å². The van der Waals surface area contributed by atoms with Crippen molar-refractivity contribution in [2.24, 2.45) is 7.05 Å². The number of halogens is 1. The van der Waals surface area contributed by atoms with Crippen molar-refractivity contribution in [3.8, 4) is 11.3 Å². The Morgan fingerprint density at radius 3 is 2.64 bits per heavy atom. The number of rotatable bonds is 7. The molecule has 2 atom stereocenters. The van der Waals surface area contributed by atoms with Crippen LogP contribution in [0.2, 0.25) is 0 Å². The van der Waals surface area contributed by atoms with Gasteiger partial charge in [0.25, 0.3) is 5.56 Å². The Morgan fingerprint density at radius 2 is 1.88 bits per heavy atom. The average Bonchev–Trinajstić information content (AvgIpc) is 3.72. The first-order valence-corrected chi connectivity index (χ1v) is 15.3. The number of aryl methyl sites for hydroxylation is 1. The summed E-state index contributed by atoms with van der Waals surface area (Å²) in [5.74, 6) is 1.23. The number of nitrogens with zero attached hydrogens (tertiary/aromatic N) is 5. The maximum absolute atomic E-state index is 15.1. The molecule has 0 amide bonds. The number of fused-ring (bicyclic) bond motifs is 5. The van der Waals surface area contributed by atoms with Gasteiger partial charge in [-0.1, -0.05) is 0 Å². The van der Waals surface area contributed by atoms with Gasteiger partial charge in [-0.3, -0.25) is 9.59 Å². The Kier molecular flexibility index (Phi) is 6.90. The number of anilines is 3. The van der Waals surface area contributed by atoms with Gasteiger partial charge in [-0.05, 0) is 80.1 Å². The lowest BCUT2D eigenvalue weighted by Crippen LogP contribution is -2.44. The van der Waals surface area contributed by atoms with Gasteiger partial charge in [0.15, 0.2) is 5.78 Å². The minimum atomic E-state index is -0.517. The molecule has 10 heteroatoms. The molecular weight excluding hydrogens is 551 g/mol. The van der Waals surface area contributed by atoms with Gasteiger partial charge in [-0.2, -0.15) is 0 Å².